The Bertz CT molecular complexity index is 1040. The average Bonchev–Trinajstić information content (AvgIpc) is 3.30. The molecule has 0 saturated carbocycles. The van der Waals surface area contributed by atoms with Gasteiger partial charge in [-0.15, -0.1) is 11.3 Å². The lowest BCUT2D eigenvalue weighted by atomic mass is 10.2. The van der Waals surface area contributed by atoms with Crippen LogP contribution in [0.15, 0.2) is 66.0 Å². The molecule has 2 aromatic carbocycles. The number of thiophene rings is 1. The zero-order chi connectivity index (χ0) is 22.1. The number of hydrogen-bond donors (Lipinski definition) is 2. The highest BCUT2D eigenvalue weighted by molar-refractivity contribution is 7.12. The van der Waals surface area contributed by atoms with Crippen molar-refractivity contribution in [3.05, 3.63) is 75.9 Å². The topological polar surface area (TPSA) is 84.5 Å². The van der Waals surface area contributed by atoms with Gasteiger partial charge in [-0.3, -0.25) is 14.4 Å². The number of ketones is 1. The molecule has 0 radical (unpaired) electrons. The van der Waals surface area contributed by atoms with Gasteiger partial charge in [-0.2, -0.15) is 0 Å². The summed E-state index contributed by atoms with van der Waals surface area (Å²) in [5, 5.41) is 7.70. The number of carbonyl (C=O) groups excluding carboxylic acids is 3. The van der Waals surface area contributed by atoms with Crippen molar-refractivity contribution >= 4 is 46.2 Å². The van der Waals surface area contributed by atoms with E-state index in [1.54, 1.807) is 42.5 Å². The maximum atomic E-state index is 12.3. The van der Waals surface area contributed by atoms with Crippen molar-refractivity contribution < 1.29 is 19.1 Å². The number of carbonyl (C=O) groups is 3. The van der Waals surface area contributed by atoms with Crippen LogP contribution in [0.4, 0.5) is 5.69 Å². The lowest BCUT2D eigenvalue weighted by Gasteiger charge is -2.13. The summed E-state index contributed by atoms with van der Waals surface area (Å²) in [6, 6.07) is 17.7. The van der Waals surface area contributed by atoms with Crippen molar-refractivity contribution in [2.45, 2.75) is 19.3 Å². The molecule has 2 N–H and O–H groups in total. The third-order valence-electron chi connectivity index (χ3n) is 4.24. The fourth-order valence-electron chi connectivity index (χ4n) is 2.71. The Morgan fingerprint density at radius 2 is 1.71 bits per heavy atom. The van der Waals surface area contributed by atoms with E-state index in [-0.39, 0.29) is 43.4 Å². The minimum Gasteiger partial charge on any atom is -0.455 e. The van der Waals surface area contributed by atoms with E-state index in [9.17, 15) is 14.4 Å². The first-order chi connectivity index (χ1) is 15.0. The van der Waals surface area contributed by atoms with Gasteiger partial charge in [0.2, 0.25) is 11.8 Å². The number of anilines is 1. The second kappa shape index (κ2) is 11.3. The van der Waals surface area contributed by atoms with Gasteiger partial charge < -0.3 is 15.4 Å². The van der Waals surface area contributed by atoms with Crippen LogP contribution >= 0.6 is 22.9 Å². The van der Waals surface area contributed by atoms with Crippen molar-refractivity contribution in [2.75, 3.05) is 11.9 Å². The number of amides is 2. The van der Waals surface area contributed by atoms with Gasteiger partial charge in [0.05, 0.1) is 10.6 Å². The summed E-state index contributed by atoms with van der Waals surface area (Å²) < 4.78 is 5.82. The van der Waals surface area contributed by atoms with Crippen molar-refractivity contribution in [3.8, 4) is 11.5 Å². The summed E-state index contributed by atoms with van der Waals surface area (Å²) >= 11 is 7.41. The number of ether oxygens (including phenoxy) is 1. The van der Waals surface area contributed by atoms with Crippen LogP contribution in [-0.4, -0.2) is 24.1 Å². The molecule has 3 rings (SSSR count). The number of benzene rings is 2. The third kappa shape index (κ3) is 7.24. The number of halogens is 1. The van der Waals surface area contributed by atoms with Gasteiger partial charge >= 0.3 is 0 Å². The van der Waals surface area contributed by atoms with E-state index in [0.717, 1.165) is 0 Å². The van der Waals surface area contributed by atoms with Crippen molar-refractivity contribution in [3.63, 3.8) is 0 Å². The molecule has 1 aromatic heterocycles. The van der Waals surface area contributed by atoms with Crippen LogP contribution in [-0.2, 0) is 9.59 Å². The lowest BCUT2D eigenvalue weighted by molar-refractivity contribution is -0.121. The smallest absolute Gasteiger partial charge is 0.226 e. The minimum absolute atomic E-state index is 0.0604. The standard InChI is InChI=1S/C23H21ClN2O4S/c24-16-8-10-20(30-17-5-2-1-3-6-17)18(15-16)26-23(29)12-13-25-22(28)11-9-19(27)21-7-4-14-31-21/h1-8,10,14-15H,9,11-13H2,(H,25,28)(H,26,29). The fraction of sp³-hybridized carbons (Fsp3) is 0.174. The number of nitrogens with one attached hydrogen (secondary N) is 2. The van der Waals surface area contributed by atoms with Crippen LogP contribution in [0.2, 0.25) is 5.02 Å². The summed E-state index contributed by atoms with van der Waals surface area (Å²) in [6.07, 6.45) is 0.296. The molecule has 3 aromatic rings. The second-order valence-electron chi connectivity index (χ2n) is 6.60. The maximum Gasteiger partial charge on any atom is 0.226 e. The van der Waals surface area contributed by atoms with Gasteiger partial charge in [0, 0.05) is 30.8 Å². The molecule has 0 aliphatic heterocycles. The second-order valence-corrected chi connectivity index (χ2v) is 7.99. The maximum absolute atomic E-state index is 12.3. The van der Waals surface area contributed by atoms with Gasteiger partial charge in [0.25, 0.3) is 0 Å². The molecule has 6 nitrogen and oxygen atoms in total. The van der Waals surface area contributed by atoms with Crippen molar-refractivity contribution in [2.24, 2.45) is 0 Å². The molecule has 0 saturated heterocycles. The first-order valence-electron chi connectivity index (χ1n) is 9.67. The Morgan fingerprint density at radius 1 is 0.903 bits per heavy atom. The molecule has 2 amide bonds. The van der Waals surface area contributed by atoms with E-state index in [1.165, 1.54) is 11.3 Å². The van der Waals surface area contributed by atoms with E-state index in [2.05, 4.69) is 10.6 Å². The van der Waals surface area contributed by atoms with E-state index in [1.807, 2.05) is 23.6 Å². The molecule has 31 heavy (non-hydrogen) atoms. The molecule has 0 bridgehead atoms. The summed E-state index contributed by atoms with van der Waals surface area (Å²) in [6.45, 7) is 0.160. The van der Waals surface area contributed by atoms with Crippen LogP contribution in [0.25, 0.3) is 0 Å². The Morgan fingerprint density at radius 3 is 2.45 bits per heavy atom. The minimum atomic E-state index is -0.296. The molecule has 1 heterocycles. The predicted molar refractivity (Wildman–Crippen MR) is 122 cm³/mol. The zero-order valence-corrected chi connectivity index (χ0v) is 18.2. The predicted octanol–water partition coefficient (Wildman–Crippen LogP) is 5.30. The monoisotopic (exact) mass is 456 g/mol. The fourth-order valence-corrected chi connectivity index (χ4v) is 3.57. The number of para-hydroxylation sites is 1. The van der Waals surface area contributed by atoms with Crippen LogP contribution in [0, 0.1) is 0 Å². The van der Waals surface area contributed by atoms with Crippen molar-refractivity contribution in [1.82, 2.24) is 5.32 Å². The molecule has 0 spiro atoms. The average molecular weight is 457 g/mol. The largest absolute Gasteiger partial charge is 0.455 e. The summed E-state index contributed by atoms with van der Waals surface area (Å²) in [4.78, 5) is 36.8. The molecule has 0 aliphatic carbocycles. The quantitative estimate of drug-likeness (QED) is 0.405. The van der Waals surface area contributed by atoms with Crippen LogP contribution in [0.5, 0.6) is 11.5 Å². The normalized spacial score (nSPS) is 10.4. The van der Waals surface area contributed by atoms with E-state index in [4.69, 9.17) is 16.3 Å². The SMILES string of the molecule is O=C(CCC(=O)c1cccs1)NCCC(=O)Nc1cc(Cl)ccc1Oc1ccccc1. The Kier molecular flexibility index (Phi) is 8.20. The van der Waals surface area contributed by atoms with E-state index < -0.39 is 0 Å². The first-order valence-corrected chi connectivity index (χ1v) is 10.9. The highest BCUT2D eigenvalue weighted by atomic mass is 35.5. The number of hydrogen-bond acceptors (Lipinski definition) is 5. The molecular formula is C23H21ClN2O4S. The summed E-state index contributed by atoms with van der Waals surface area (Å²) in [7, 11) is 0. The summed E-state index contributed by atoms with van der Waals surface area (Å²) in [5.41, 5.74) is 0.439. The molecule has 160 valence electrons. The Hall–Kier alpha value is -3.16. The third-order valence-corrected chi connectivity index (χ3v) is 5.38. The highest BCUT2D eigenvalue weighted by Gasteiger charge is 2.12. The highest BCUT2D eigenvalue weighted by Crippen LogP contribution is 2.32. The molecule has 0 aliphatic rings. The molecule has 0 fully saturated rings. The summed E-state index contributed by atoms with van der Waals surface area (Å²) in [5.74, 6) is 0.461. The molecule has 0 unspecified atom stereocenters. The zero-order valence-electron chi connectivity index (χ0n) is 16.6. The van der Waals surface area contributed by atoms with Gasteiger partial charge in [-0.1, -0.05) is 35.9 Å². The van der Waals surface area contributed by atoms with E-state index in [0.29, 0.717) is 27.1 Å². The Balaban J connectivity index is 1.45. The van der Waals surface area contributed by atoms with Gasteiger partial charge in [-0.25, -0.2) is 0 Å². The van der Waals surface area contributed by atoms with Gasteiger partial charge in [0.15, 0.2) is 11.5 Å². The van der Waals surface area contributed by atoms with Crippen LogP contribution in [0.1, 0.15) is 28.9 Å². The molecule has 0 atom stereocenters. The van der Waals surface area contributed by atoms with E-state index >= 15 is 0 Å². The van der Waals surface area contributed by atoms with Gasteiger partial charge in [0.1, 0.15) is 5.75 Å². The van der Waals surface area contributed by atoms with Gasteiger partial charge in [-0.05, 0) is 41.8 Å². The van der Waals surface area contributed by atoms with Crippen LogP contribution in [0.3, 0.4) is 0 Å². The molecule has 8 heteroatoms. The molecular weight excluding hydrogens is 436 g/mol. The first kappa shape index (κ1) is 22.5. The number of Topliss-reactive ketones (excluding diaryl/α,β-unsaturated/α-hetero) is 1. The lowest BCUT2D eigenvalue weighted by Crippen LogP contribution is -2.28. The Labute approximate surface area is 189 Å². The number of rotatable bonds is 10. The van der Waals surface area contributed by atoms with Crippen molar-refractivity contribution in [1.29, 1.82) is 0 Å². The van der Waals surface area contributed by atoms with Crippen LogP contribution < -0.4 is 15.4 Å².